The molecule has 0 atom stereocenters. The molecule has 0 fully saturated rings. The van der Waals surface area contributed by atoms with Crippen LogP contribution in [0.15, 0.2) is 0 Å². The van der Waals surface area contributed by atoms with E-state index in [-0.39, 0.29) is 0 Å². The molecule has 0 aliphatic carbocycles. The zero-order valence-electron chi connectivity index (χ0n) is 8.03. The normalized spacial score (nSPS) is 10.1. The minimum Gasteiger partial charge on any atom is -0.447 e. The van der Waals surface area contributed by atoms with Crippen LogP contribution >= 0.6 is 0 Å². The molecule has 0 saturated carbocycles. The van der Waals surface area contributed by atoms with E-state index in [0.717, 1.165) is 5.17 Å². The van der Waals surface area contributed by atoms with Crippen LogP contribution in [-0.2, 0) is 9.57 Å². The van der Waals surface area contributed by atoms with E-state index in [9.17, 15) is 4.79 Å². The van der Waals surface area contributed by atoms with Crippen LogP contribution in [-0.4, -0.2) is 43.6 Å². The first kappa shape index (κ1) is 11.2. The number of carbonyl (C=O) groups is 1. The Kier molecular flexibility index (Phi) is 5.40. The molecule has 0 aliphatic heterocycles. The lowest BCUT2D eigenvalue weighted by atomic mass is 10.8. The second-order valence-corrected chi connectivity index (χ2v) is 2.24. The molecular formula is C7H16N2O3. The summed E-state index contributed by atoms with van der Waals surface area (Å²) < 4.78 is 4.74. The van der Waals surface area contributed by atoms with Crippen molar-refractivity contribution >= 4 is 6.09 Å². The fourth-order valence-electron chi connectivity index (χ4n) is 0.632. The summed E-state index contributed by atoms with van der Waals surface area (Å²) in [5.41, 5.74) is 0. The standard InChI is InChI=1S/C7H16N2O3/c1-5-11-7(10)9(8(3)4)12-6-2/h5-6H2,1-4H3. The Labute approximate surface area is 72.8 Å². The molecule has 0 aromatic rings. The zero-order chi connectivity index (χ0) is 9.56. The van der Waals surface area contributed by atoms with Crippen molar-refractivity contribution in [2.24, 2.45) is 0 Å². The fourth-order valence-corrected chi connectivity index (χ4v) is 0.632. The second-order valence-electron chi connectivity index (χ2n) is 2.24. The van der Waals surface area contributed by atoms with Crippen LogP contribution in [0.25, 0.3) is 0 Å². The van der Waals surface area contributed by atoms with Gasteiger partial charge in [0.2, 0.25) is 0 Å². The molecule has 0 spiro atoms. The van der Waals surface area contributed by atoms with E-state index in [1.165, 1.54) is 5.01 Å². The second kappa shape index (κ2) is 5.79. The highest BCUT2D eigenvalue weighted by Gasteiger charge is 2.16. The molecule has 0 saturated heterocycles. The fraction of sp³-hybridized carbons (Fsp3) is 0.857. The molecule has 1 amide bonds. The van der Waals surface area contributed by atoms with E-state index < -0.39 is 6.09 Å². The summed E-state index contributed by atoms with van der Waals surface area (Å²) in [7, 11) is 3.40. The summed E-state index contributed by atoms with van der Waals surface area (Å²) in [6.07, 6.45) is -0.496. The molecule has 0 unspecified atom stereocenters. The van der Waals surface area contributed by atoms with Gasteiger partial charge in [0.15, 0.2) is 0 Å². The minimum absolute atomic E-state index is 0.343. The number of carbonyl (C=O) groups excluding carboxylic acids is 1. The van der Waals surface area contributed by atoms with Crippen LogP contribution < -0.4 is 0 Å². The van der Waals surface area contributed by atoms with Crippen molar-refractivity contribution in [3.63, 3.8) is 0 Å². The van der Waals surface area contributed by atoms with Crippen LogP contribution in [0.5, 0.6) is 0 Å². The van der Waals surface area contributed by atoms with Crippen molar-refractivity contribution in [2.75, 3.05) is 27.3 Å². The molecule has 0 bridgehead atoms. The third kappa shape index (κ3) is 3.54. The molecular weight excluding hydrogens is 160 g/mol. The number of ether oxygens (including phenoxy) is 1. The van der Waals surface area contributed by atoms with E-state index in [4.69, 9.17) is 9.57 Å². The SMILES string of the molecule is CCOC(=O)N(OCC)N(C)C. The number of hydrogen-bond acceptors (Lipinski definition) is 4. The van der Waals surface area contributed by atoms with Gasteiger partial charge in [-0.15, -0.1) is 5.17 Å². The van der Waals surface area contributed by atoms with Gasteiger partial charge >= 0.3 is 6.09 Å². The molecule has 0 heterocycles. The Bertz CT molecular complexity index is 139. The third-order valence-corrected chi connectivity index (χ3v) is 1.04. The van der Waals surface area contributed by atoms with Crippen molar-refractivity contribution in [3.8, 4) is 0 Å². The number of rotatable bonds is 4. The van der Waals surface area contributed by atoms with Crippen molar-refractivity contribution in [1.29, 1.82) is 0 Å². The zero-order valence-corrected chi connectivity index (χ0v) is 8.03. The van der Waals surface area contributed by atoms with Crippen LogP contribution in [0.4, 0.5) is 4.79 Å². The van der Waals surface area contributed by atoms with Crippen molar-refractivity contribution in [3.05, 3.63) is 0 Å². The Morgan fingerprint density at radius 1 is 1.25 bits per heavy atom. The van der Waals surface area contributed by atoms with Crippen LogP contribution in [0.1, 0.15) is 13.8 Å². The van der Waals surface area contributed by atoms with Gasteiger partial charge < -0.3 is 4.74 Å². The summed E-state index contributed by atoms with van der Waals surface area (Å²) in [5.74, 6) is 0. The van der Waals surface area contributed by atoms with E-state index in [0.29, 0.717) is 13.2 Å². The Balaban J connectivity index is 4.00. The summed E-state index contributed by atoms with van der Waals surface area (Å²) in [6.45, 7) is 4.32. The van der Waals surface area contributed by atoms with Crippen LogP contribution in [0.2, 0.25) is 0 Å². The first-order valence-corrected chi connectivity index (χ1v) is 3.90. The van der Waals surface area contributed by atoms with Gasteiger partial charge in [-0.1, -0.05) is 0 Å². The summed E-state index contributed by atoms with van der Waals surface area (Å²) in [6, 6.07) is 0. The van der Waals surface area contributed by atoms with E-state index in [2.05, 4.69) is 0 Å². The first-order valence-electron chi connectivity index (χ1n) is 3.90. The summed E-state index contributed by atoms with van der Waals surface area (Å²) in [4.78, 5) is 16.1. The highest BCUT2D eigenvalue weighted by molar-refractivity contribution is 5.65. The quantitative estimate of drug-likeness (QED) is 0.596. The lowest BCUT2D eigenvalue weighted by Crippen LogP contribution is -2.42. The summed E-state index contributed by atoms with van der Waals surface area (Å²) >= 11 is 0. The van der Waals surface area contributed by atoms with Gasteiger partial charge in [-0.3, -0.25) is 4.84 Å². The molecule has 0 aromatic carbocycles. The molecule has 72 valence electrons. The maximum atomic E-state index is 11.1. The van der Waals surface area contributed by atoms with Gasteiger partial charge in [0.05, 0.1) is 13.2 Å². The maximum Gasteiger partial charge on any atom is 0.449 e. The number of hydrogen-bond donors (Lipinski definition) is 0. The molecule has 12 heavy (non-hydrogen) atoms. The smallest absolute Gasteiger partial charge is 0.447 e. The molecule has 0 aromatic heterocycles. The van der Waals surface area contributed by atoms with E-state index in [1.54, 1.807) is 27.9 Å². The molecule has 5 nitrogen and oxygen atoms in total. The first-order chi connectivity index (χ1) is 5.63. The lowest BCUT2D eigenvalue weighted by Gasteiger charge is -2.25. The van der Waals surface area contributed by atoms with Crippen molar-refractivity contribution in [1.82, 2.24) is 10.2 Å². The highest BCUT2D eigenvalue weighted by Crippen LogP contribution is 1.97. The van der Waals surface area contributed by atoms with Gasteiger partial charge in [-0.2, -0.15) is 5.01 Å². The van der Waals surface area contributed by atoms with Gasteiger partial charge in [0.1, 0.15) is 0 Å². The number of hydroxylamine groups is 1. The number of hydrazine groups is 1. The van der Waals surface area contributed by atoms with E-state index >= 15 is 0 Å². The monoisotopic (exact) mass is 176 g/mol. The Hall–Kier alpha value is -0.810. The van der Waals surface area contributed by atoms with E-state index in [1.807, 2.05) is 0 Å². The van der Waals surface area contributed by atoms with Crippen LogP contribution in [0, 0.1) is 0 Å². The number of amides is 1. The van der Waals surface area contributed by atoms with Crippen LogP contribution in [0.3, 0.4) is 0 Å². The third-order valence-electron chi connectivity index (χ3n) is 1.04. The predicted molar refractivity (Wildman–Crippen MR) is 44.2 cm³/mol. The van der Waals surface area contributed by atoms with Crippen molar-refractivity contribution < 1.29 is 14.4 Å². The van der Waals surface area contributed by atoms with Crippen molar-refractivity contribution in [2.45, 2.75) is 13.8 Å². The van der Waals surface area contributed by atoms with Gasteiger partial charge in [-0.25, -0.2) is 4.79 Å². The average Bonchev–Trinajstić information content (AvgIpc) is 1.99. The number of nitrogens with zero attached hydrogens (tertiary/aromatic N) is 2. The molecule has 0 rings (SSSR count). The van der Waals surface area contributed by atoms with Gasteiger partial charge in [-0.05, 0) is 13.8 Å². The molecule has 0 radical (unpaired) electrons. The lowest BCUT2D eigenvalue weighted by molar-refractivity contribution is -0.234. The largest absolute Gasteiger partial charge is 0.449 e. The topological polar surface area (TPSA) is 42.0 Å². The molecule has 5 heteroatoms. The Morgan fingerprint density at radius 2 is 1.83 bits per heavy atom. The summed E-state index contributed by atoms with van der Waals surface area (Å²) in [5, 5.41) is 2.59. The highest BCUT2D eigenvalue weighted by atomic mass is 16.8. The van der Waals surface area contributed by atoms with Gasteiger partial charge in [0, 0.05) is 14.1 Å². The molecule has 0 N–H and O–H groups in total. The average molecular weight is 176 g/mol. The predicted octanol–water partition coefficient (Wildman–Crippen LogP) is 0.873. The Morgan fingerprint density at radius 3 is 2.17 bits per heavy atom. The minimum atomic E-state index is -0.496. The van der Waals surface area contributed by atoms with Gasteiger partial charge in [0.25, 0.3) is 0 Å². The molecule has 0 aliphatic rings. The maximum absolute atomic E-state index is 11.1.